The van der Waals surface area contributed by atoms with E-state index in [0.29, 0.717) is 6.42 Å². The first-order valence-electron chi connectivity index (χ1n) is 4.28. The highest BCUT2D eigenvalue weighted by atomic mass is 16.6. The van der Waals surface area contributed by atoms with Crippen LogP contribution in [0.15, 0.2) is 0 Å². The molecule has 0 amide bonds. The van der Waals surface area contributed by atoms with E-state index in [0.717, 1.165) is 12.8 Å². The quantitative estimate of drug-likeness (QED) is 0.582. The number of carbonyl (C=O) groups excluding carboxylic acids is 1. The summed E-state index contributed by atoms with van der Waals surface area (Å²) < 4.78 is 5.21. The van der Waals surface area contributed by atoms with Crippen LogP contribution in [-0.2, 0) is 9.53 Å². The molecule has 0 bridgehead atoms. The number of unbranched alkanes of at least 4 members (excludes halogenated alkanes) is 1. The first kappa shape index (κ1) is 8.72. The van der Waals surface area contributed by atoms with E-state index in [1.165, 1.54) is 0 Å². The largest absolute Gasteiger partial charge is 0.358 e. The lowest BCUT2D eigenvalue weighted by atomic mass is 10.0. The van der Waals surface area contributed by atoms with E-state index in [4.69, 9.17) is 4.74 Å². The van der Waals surface area contributed by atoms with Crippen LogP contribution in [0.4, 0.5) is 0 Å². The van der Waals surface area contributed by atoms with Gasteiger partial charge in [0.2, 0.25) is 0 Å². The highest BCUT2D eigenvalue weighted by molar-refractivity contribution is 5.86. The molecule has 0 aromatic rings. The van der Waals surface area contributed by atoms with Crippen LogP contribution in [0.25, 0.3) is 0 Å². The minimum atomic E-state index is -0.162. The second-order valence-corrected chi connectivity index (χ2v) is 3.67. The number of ether oxygens (including phenoxy) is 1. The molecule has 1 fully saturated rings. The van der Waals surface area contributed by atoms with Crippen molar-refractivity contribution >= 4 is 5.78 Å². The Kier molecular flexibility index (Phi) is 2.33. The smallest absolute Gasteiger partial charge is 0.164 e. The molecule has 0 aliphatic carbocycles. The number of carbonyl (C=O) groups is 1. The number of ketones is 1. The second kappa shape index (κ2) is 2.94. The maximum atomic E-state index is 11.3. The molecule has 0 aromatic heterocycles. The third-order valence-electron chi connectivity index (χ3n) is 2.06. The Labute approximate surface area is 67.9 Å². The molecular formula is C9H16O2. The van der Waals surface area contributed by atoms with Gasteiger partial charge in [0.25, 0.3) is 0 Å². The molecule has 11 heavy (non-hydrogen) atoms. The summed E-state index contributed by atoms with van der Waals surface area (Å²) in [4.78, 5) is 11.3. The van der Waals surface area contributed by atoms with Crippen LogP contribution >= 0.6 is 0 Å². The molecule has 1 saturated heterocycles. The Hall–Kier alpha value is -0.370. The lowest BCUT2D eigenvalue weighted by Gasteiger charge is -1.95. The van der Waals surface area contributed by atoms with Crippen molar-refractivity contribution in [3.63, 3.8) is 0 Å². The monoisotopic (exact) mass is 156 g/mol. The SMILES string of the molecule is CCCCC(=O)C1OC1(C)C. The minimum Gasteiger partial charge on any atom is -0.358 e. The molecule has 1 atom stereocenters. The Balaban J connectivity index is 2.23. The summed E-state index contributed by atoms with van der Waals surface area (Å²) in [5.41, 5.74) is -0.162. The Morgan fingerprint density at radius 2 is 2.09 bits per heavy atom. The van der Waals surface area contributed by atoms with Gasteiger partial charge in [-0.3, -0.25) is 4.79 Å². The summed E-state index contributed by atoms with van der Waals surface area (Å²) in [7, 11) is 0. The molecule has 64 valence electrons. The second-order valence-electron chi connectivity index (χ2n) is 3.67. The molecule has 2 heteroatoms. The summed E-state index contributed by atoms with van der Waals surface area (Å²) in [6.45, 7) is 6.01. The molecule has 1 aliphatic heterocycles. The predicted octanol–water partition coefficient (Wildman–Crippen LogP) is 1.92. The van der Waals surface area contributed by atoms with E-state index in [1.807, 2.05) is 13.8 Å². The number of hydrogen-bond acceptors (Lipinski definition) is 2. The van der Waals surface area contributed by atoms with E-state index in [9.17, 15) is 4.79 Å². The fourth-order valence-corrected chi connectivity index (χ4v) is 1.21. The Morgan fingerprint density at radius 1 is 1.55 bits per heavy atom. The van der Waals surface area contributed by atoms with Crippen LogP contribution in [0.5, 0.6) is 0 Å². The van der Waals surface area contributed by atoms with Crippen molar-refractivity contribution in [2.75, 3.05) is 0 Å². The number of hydrogen-bond donors (Lipinski definition) is 0. The zero-order chi connectivity index (χ0) is 8.48. The fraction of sp³-hybridized carbons (Fsp3) is 0.889. The Bertz CT molecular complexity index is 161. The van der Waals surface area contributed by atoms with Crippen molar-refractivity contribution in [3.8, 4) is 0 Å². The molecule has 0 saturated carbocycles. The van der Waals surface area contributed by atoms with Crippen molar-refractivity contribution in [2.45, 2.75) is 51.7 Å². The standard InChI is InChI=1S/C9H16O2/c1-4-5-6-7(10)8-9(2,3)11-8/h8H,4-6H2,1-3H3. The molecular weight excluding hydrogens is 140 g/mol. The molecule has 1 unspecified atom stereocenters. The highest BCUT2D eigenvalue weighted by Gasteiger charge is 2.51. The summed E-state index contributed by atoms with van der Waals surface area (Å²) >= 11 is 0. The average Bonchev–Trinajstić information content (AvgIpc) is 2.55. The van der Waals surface area contributed by atoms with Gasteiger partial charge in [0.05, 0.1) is 5.60 Å². The maximum absolute atomic E-state index is 11.3. The molecule has 2 nitrogen and oxygen atoms in total. The molecule has 0 N–H and O–H groups in total. The highest BCUT2D eigenvalue weighted by Crippen LogP contribution is 2.36. The van der Waals surface area contributed by atoms with Crippen molar-refractivity contribution in [2.24, 2.45) is 0 Å². The molecule has 1 rings (SSSR count). The first-order valence-corrected chi connectivity index (χ1v) is 4.28. The zero-order valence-electron chi connectivity index (χ0n) is 7.52. The molecule has 0 radical (unpaired) electrons. The molecule has 0 aromatic carbocycles. The van der Waals surface area contributed by atoms with Crippen LogP contribution in [0, 0.1) is 0 Å². The van der Waals surface area contributed by atoms with Gasteiger partial charge in [-0.05, 0) is 20.3 Å². The molecule has 1 heterocycles. The van der Waals surface area contributed by atoms with Crippen LogP contribution in [0.3, 0.4) is 0 Å². The van der Waals surface area contributed by atoms with E-state index >= 15 is 0 Å². The molecule has 0 spiro atoms. The van der Waals surface area contributed by atoms with E-state index in [1.54, 1.807) is 0 Å². The van der Waals surface area contributed by atoms with Gasteiger partial charge >= 0.3 is 0 Å². The maximum Gasteiger partial charge on any atom is 0.164 e. The van der Waals surface area contributed by atoms with Gasteiger partial charge in [-0.1, -0.05) is 13.3 Å². The van der Waals surface area contributed by atoms with E-state index in [2.05, 4.69) is 6.92 Å². The van der Waals surface area contributed by atoms with Gasteiger partial charge < -0.3 is 4.74 Å². The van der Waals surface area contributed by atoms with E-state index < -0.39 is 0 Å². The first-order chi connectivity index (χ1) is 5.08. The average molecular weight is 156 g/mol. The van der Waals surface area contributed by atoms with Crippen molar-refractivity contribution in [1.82, 2.24) is 0 Å². The van der Waals surface area contributed by atoms with Gasteiger partial charge in [-0.2, -0.15) is 0 Å². The lowest BCUT2D eigenvalue weighted by Crippen LogP contribution is -2.14. The number of Topliss-reactive ketones (excluding diaryl/α,β-unsaturated/α-hetero) is 1. The van der Waals surface area contributed by atoms with Crippen molar-refractivity contribution < 1.29 is 9.53 Å². The Morgan fingerprint density at radius 3 is 2.45 bits per heavy atom. The minimum absolute atomic E-state index is 0.103. The van der Waals surface area contributed by atoms with Crippen molar-refractivity contribution in [3.05, 3.63) is 0 Å². The summed E-state index contributed by atoms with van der Waals surface area (Å²) in [6, 6.07) is 0. The summed E-state index contributed by atoms with van der Waals surface area (Å²) in [5.74, 6) is 0.275. The van der Waals surface area contributed by atoms with Gasteiger partial charge in [0, 0.05) is 6.42 Å². The number of epoxide rings is 1. The third kappa shape index (κ3) is 2.03. The van der Waals surface area contributed by atoms with Gasteiger partial charge in [0.15, 0.2) is 5.78 Å². The fourth-order valence-electron chi connectivity index (χ4n) is 1.21. The van der Waals surface area contributed by atoms with Crippen LogP contribution in [-0.4, -0.2) is 17.5 Å². The van der Waals surface area contributed by atoms with Gasteiger partial charge in [-0.25, -0.2) is 0 Å². The normalized spacial score (nSPS) is 26.6. The predicted molar refractivity (Wildman–Crippen MR) is 43.5 cm³/mol. The van der Waals surface area contributed by atoms with Crippen LogP contribution < -0.4 is 0 Å². The number of rotatable bonds is 4. The topological polar surface area (TPSA) is 29.6 Å². The van der Waals surface area contributed by atoms with Crippen LogP contribution in [0.2, 0.25) is 0 Å². The van der Waals surface area contributed by atoms with Gasteiger partial charge in [-0.15, -0.1) is 0 Å². The summed E-state index contributed by atoms with van der Waals surface area (Å²) in [5, 5.41) is 0. The van der Waals surface area contributed by atoms with Crippen LogP contribution in [0.1, 0.15) is 40.0 Å². The molecule has 1 aliphatic rings. The lowest BCUT2D eigenvalue weighted by molar-refractivity contribution is -0.120. The zero-order valence-corrected chi connectivity index (χ0v) is 7.52. The van der Waals surface area contributed by atoms with Gasteiger partial charge in [0.1, 0.15) is 6.10 Å². The van der Waals surface area contributed by atoms with E-state index in [-0.39, 0.29) is 17.5 Å². The third-order valence-corrected chi connectivity index (χ3v) is 2.06. The summed E-state index contributed by atoms with van der Waals surface area (Å²) in [6.07, 6.45) is 2.66. The van der Waals surface area contributed by atoms with Crippen molar-refractivity contribution in [1.29, 1.82) is 0 Å².